The van der Waals surface area contributed by atoms with Gasteiger partial charge in [-0.25, -0.2) is 9.97 Å². The lowest BCUT2D eigenvalue weighted by molar-refractivity contribution is 0.668. The number of hydrogen-bond acceptors (Lipinski definition) is 3. The van der Waals surface area contributed by atoms with Gasteiger partial charge in [0.2, 0.25) is 0 Å². The van der Waals surface area contributed by atoms with Crippen LogP contribution in [-0.4, -0.2) is 16.0 Å². The Morgan fingerprint density at radius 2 is 2.00 bits per heavy atom. The molecule has 20 heavy (non-hydrogen) atoms. The molecule has 104 valence electrons. The van der Waals surface area contributed by atoms with Crippen molar-refractivity contribution in [3.63, 3.8) is 0 Å². The highest BCUT2D eigenvalue weighted by Crippen LogP contribution is 2.23. The van der Waals surface area contributed by atoms with E-state index in [-0.39, 0.29) is 0 Å². The molecule has 3 rings (SSSR count). The van der Waals surface area contributed by atoms with Crippen LogP contribution in [0.5, 0.6) is 0 Å². The van der Waals surface area contributed by atoms with Crippen molar-refractivity contribution in [1.29, 1.82) is 0 Å². The molecule has 0 aliphatic heterocycles. The predicted molar refractivity (Wildman–Crippen MR) is 81.2 cm³/mol. The van der Waals surface area contributed by atoms with E-state index < -0.39 is 0 Å². The molecule has 2 aromatic rings. The first-order valence-electron chi connectivity index (χ1n) is 6.69. The van der Waals surface area contributed by atoms with E-state index in [2.05, 4.69) is 15.3 Å². The van der Waals surface area contributed by atoms with Crippen LogP contribution in [0.15, 0.2) is 30.5 Å². The van der Waals surface area contributed by atoms with E-state index in [0.717, 1.165) is 23.6 Å². The molecule has 1 fully saturated rings. The van der Waals surface area contributed by atoms with Crippen LogP contribution >= 0.6 is 23.2 Å². The monoisotopic (exact) mass is 307 g/mol. The van der Waals surface area contributed by atoms with Gasteiger partial charge in [-0.2, -0.15) is 0 Å². The second-order valence-corrected chi connectivity index (χ2v) is 5.86. The second-order valence-electron chi connectivity index (χ2n) is 5.04. The molecule has 0 unspecified atom stereocenters. The number of rotatable bonds is 5. The zero-order valence-corrected chi connectivity index (χ0v) is 12.5. The van der Waals surface area contributed by atoms with Crippen molar-refractivity contribution >= 4 is 23.2 Å². The lowest BCUT2D eigenvalue weighted by atomic mass is 10.1. The van der Waals surface area contributed by atoms with Crippen molar-refractivity contribution < 1.29 is 0 Å². The number of nitrogens with zero attached hydrogens (tertiary/aromatic N) is 2. The Balaban J connectivity index is 1.69. The Morgan fingerprint density at radius 1 is 1.15 bits per heavy atom. The fourth-order valence-corrected chi connectivity index (χ4v) is 2.31. The van der Waals surface area contributed by atoms with E-state index in [1.54, 1.807) is 6.07 Å². The maximum Gasteiger partial charge on any atom is 0.132 e. The first kappa shape index (κ1) is 13.8. The van der Waals surface area contributed by atoms with Crippen molar-refractivity contribution in [2.24, 2.45) is 0 Å². The first-order chi connectivity index (χ1) is 9.70. The summed E-state index contributed by atoms with van der Waals surface area (Å²) in [7, 11) is 0. The van der Waals surface area contributed by atoms with E-state index in [9.17, 15) is 0 Å². The number of halogens is 2. The molecule has 0 bridgehead atoms. The first-order valence-corrected chi connectivity index (χ1v) is 7.44. The maximum atomic E-state index is 6.02. The summed E-state index contributed by atoms with van der Waals surface area (Å²) in [6.07, 6.45) is 5.03. The van der Waals surface area contributed by atoms with Crippen LogP contribution in [0, 0.1) is 0 Å². The standard InChI is InChI=1S/C15H15Cl2N3/c16-13-4-1-10(7-14(13)17)8-15-18-6-5-12(20-15)9-19-11-2-3-11/h1,4-7,11,19H,2-3,8-9H2. The van der Waals surface area contributed by atoms with Crippen LogP contribution in [0.25, 0.3) is 0 Å². The normalized spacial score (nSPS) is 14.5. The minimum Gasteiger partial charge on any atom is -0.308 e. The second kappa shape index (κ2) is 6.08. The molecule has 1 aromatic carbocycles. The van der Waals surface area contributed by atoms with Gasteiger partial charge in [0.05, 0.1) is 15.7 Å². The minimum atomic E-state index is 0.565. The van der Waals surface area contributed by atoms with E-state index in [0.29, 0.717) is 22.5 Å². The fourth-order valence-electron chi connectivity index (χ4n) is 1.99. The SMILES string of the molecule is Clc1ccc(Cc2nccc(CNC3CC3)n2)cc1Cl. The number of hydrogen-bond donors (Lipinski definition) is 1. The molecule has 0 radical (unpaired) electrons. The van der Waals surface area contributed by atoms with Crippen LogP contribution in [0.4, 0.5) is 0 Å². The largest absolute Gasteiger partial charge is 0.308 e. The quantitative estimate of drug-likeness (QED) is 0.916. The minimum absolute atomic E-state index is 0.565. The lowest BCUT2D eigenvalue weighted by Crippen LogP contribution is -2.16. The Kier molecular flexibility index (Phi) is 4.20. The zero-order valence-electron chi connectivity index (χ0n) is 10.9. The van der Waals surface area contributed by atoms with Crippen LogP contribution in [-0.2, 0) is 13.0 Å². The molecule has 0 atom stereocenters. The molecule has 1 N–H and O–H groups in total. The van der Waals surface area contributed by atoms with Gasteiger partial charge in [-0.1, -0.05) is 29.3 Å². The zero-order chi connectivity index (χ0) is 13.9. The number of nitrogens with one attached hydrogen (secondary N) is 1. The van der Waals surface area contributed by atoms with Gasteiger partial charge < -0.3 is 5.32 Å². The summed E-state index contributed by atoms with van der Waals surface area (Å²) in [6, 6.07) is 8.25. The molecule has 0 saturated heterocycles. The summed E-state index contributed by atoms with van der Waals surface area (Å²) in [5, 5.41) is 4.59. The molecule has 1 aliphatic rings. The summed E-state index contributed by atoms with van der Waals surface area (Å²) < 4.78 is 0. The third kappa shape index (κ3) is 3.69. The third-order valence-electron chi connectivity index (χ3n) is 3.26. The van der Waals surface area contributed by atoms with Crippen LogP contribution in [0.1, 0.15) is 29.9 Å². The van der Waals surface area contributed by atoms with Gasteiger partial charge in [-0.05, 0) is 36.6 Å². The number of benzene rings is 1. The molecule has 1 heterocycles. The predicted octanol–water partition coefficient (Wildman–Crippen LogP) is 3.63. The van der Waals surface area contributed by atoms with Crippen molar-refractivity contribution in [2.45, 2.75) is 31.8 Å². The van der Waals surface area contributed by atoms with Crippen LogP contribution in [0.3, 0.4) is 0 Å². The van der Waals surface area contributed by atoms with Crippen LogP contribution < -0.4 is 5.32 Å². The summed E-state index contributed by atoms with van der Waals surface area (Å²) >= 11 is 11.9. The van der Waals surface area contributed by atoms with Gasteiger partial charge in [-0.15, -0.1) is 0 Å². The molecule has 0 spiro atoms. The van der Waals surface area contributed by atoms with Crippen molar-refractivity contribution in [3.05, 3.63) is 57.6 Å². The van der Waals surface area contributed by atoms with E-state index in [4.69, 9.17) is 23.2 Å². The summed E-state index contributed by atoms with van der Waals surface area (Å²) in [5.41, 5.74) is 2.09. The molecule has 1 aliphatic carbocycles. The summed E-state index contributed by atoms with van der Waals surface area (Å²) in [4.78, 5) is 8.88. The van der Waals surface area contributed by atoms with Crippen molar-refractivity contribution in [1.82, 2.24) is 15.3 Å². The van der Waals surface area contributed by atoms with Gasteiger partial charge in [0.15, 0.2) is 0 Å². The average molecular weight is 308 g/mol. The Bertz CT molecular complexity index is 612. The molecular weight excluding hydrogens is 293 g/mol. The third-order valence-corrected chi connectivity index (χ3v) is 4.00. The van der Waals surface area contributed by atoms with E-state index >= 15 is 0 Å². The molecule has 1 saturated carbocycles. The molecular formula is C15H15Cl2N3. The molecule has 3 nitrogen and oxygen atoms in total. The average Bonchev–Trinajstić information content (AvgIpc) is 3.25. The van der Waals surface area contributed by atoms with E-state index in [1.165, 1.54) is 12.8 Å². The van der Waals surface area contributed by atoms with Gasteiger partial charge in [0.1, 0.15) is 5.82 Å². The highest BCUT2D eigenvalue weighted by molar-refractivity contribution is 6.42. The van der Waals surface area contributed by atoms with E-state index in [1.807, 2.05) is 24.4 Å². The van der Waals surface area contributed by atoms with Gasteiger partial charge >= 0.3 is 0 Å². The highest BCUT2D eigenvalue weighted by atomic mass is 35.5. The topological polar surface area (TPSA) is 37.8 Å². The Morgan fingerprint density at radius 3 is 2.75 bits per heavy atom. The maximum absolute atomic E-state index is 6.02. The lowest BCUT2D eigenvalue weighted by Gasteiger charge is -2.06. The van der Waals surface area contributed by atoms with Gasteiger partial charge in [-0.3, -0.25) is 0 Å². The van der Waals surface area contributed by atoms with Gasteiger partial charge in [0.25, 0.3) is 0 Å². The molecule has 0 amide bonds. The Hall–Kier alpha value is -1.16. The van der Waals surface area contributed by atoms with Crippen molar-refractivity contribution in [2.75, 3.05) is 0 Å². The van der Waals surface area contributed by atoms with Crippen molar-refractivity contribution in [3.8, 4) is 0 Å². The Labute approximate surface area is 128 Å². The highest BCUT2D eigenvalue weighted by Gasteiger charge is 2.20. The summed E-state index contributed by atoms with van der Waals surface area (Å²) in [5.74, 6) is 0.804. The number of aromatic nitrogens is 2. The fraction of sp³-hybridized carbons (Fsp3) is 0.333. The van der Waals surface area contributed by atoms with Crippen LogP contribution in [0.2, 0.25) is 10.0 Å². The summed E-state index contributed by atoms with van der Waals surface area (Å²) in [6.45, 7) is 0.807. The molecule has 5 heteroatoms. The molecule has 1 aromatic heterocycles. The smallest absolute Gasteiger partial charge is 0.132 e. The van der Waals surface area contributed by atoms with Gasteiger partial charge in [0, 0.05) is 25.2 Å².